The van der Waals surface area contributed by atoms with Gasteiger partial charge in [-0.15, -0.1) is 0 Å². The van der Waals surface area contributed by atoms with E-state index in [0.29, 0.717) is 21.9 Å². The Balaban J connectivity index is 1.86. The molecule has 2 amide bonds. The van der Waals surface area contributed by atoms with Crippen molar-refractivity contribution in [3.05, 3.63) is 87.2 Å². The van der Waals surface area contributed by atoms with Crippen molar-refractivity contribution in [2.45, 2.75) is 6.54 Å². The van der Waals surface area contributed by atoms with Gasteiger partial charge >= 0.3 is 0 Å². The standard InChI is InChI=1S/C19H11FN2O4/c20-13-6-4-11(5-7-13)10-21-18(23)15-3-1-2-12-8-14(22(25)26)9-16(17(12)15)19(21)24/h1-9H,10H2. The molecule has 128 valence electrons. The second-order valence-electron chi connectivity index (χ2n) is 5.98. The molecule has 1 aliphatic rings. The lowest BCUT2D eigenvalue weighted by molar-refractivity contribution is -0.384. The van der Waals surface area contributed by atoms with Gasteiger partial charge in [0.15, 0.2) is 0 Å². The van der Waals surface area contributed by atoms with Crippen LogP contribution < -0.4 is 0 Å². The van der Waals surface area contributed by atoms with Gasteiger partial charge in [0.25, 0.3) is 17.5 Å². The highest BCUT2D eigenvalue weighted by Crippen LogP contribution is 2.34. The minimum atomic E-state index is -0.605. The molecule has 4 rings (SSSR count). The van der Waals surface area contributed by atoms with E-state index in [9.17, 15) is 24.1 Å². The molecule has 0 spiro atoms. The van der Waals surface area contributed by atoms with Crippen molar-refractivity contribution in [3.8, 4) is 0 Å². The van der Waals surface area contributed by atoms with E-state index < -0.39 is 22.6 Å². The van der Waals surface area contributed by atoms with Gasteiger partial charge < -0.3 is 0 Å². The topological polar surface area (TPSA) is 80.5 Å². The number of hydrogen-bond acceptors (Lipinski definition) is 4. The SMILES string of the molecule is O=C1c2cccc3cc([N+](=O)[O-])cc(c23)C(=O)N1Cc1ccc(F)cc1. The van der Waals surface area contributed by atoms with Crippen molar-refractivity contribution < 1.29 is 18.9 Å². The summed E-state index contributed by atoms with van der Waals surface area (Å²) in [6.07, 6.45) is 0. The predicted octanol–water partition coefficient (Wildman–Crippen LogP) is 3.68. The van der Waals surface area contributed by atoms with Crippen LogP contribution >= 0.6 is 0 Å². The smallest absolute Gasteiger partial charge is 0.270 e. The number of imide groups is 1. The van der Waals surface area contributed by atoms with Gasteiger partial charge in [0, 0.05) is 23.1 Å². The fraction of sp³-hybridized carbons (Fsp3) is 0.0526. The van der Waals surface area contributed by atoms with Crippen LogP contribution in [0.25, 0.3) is 10.8 Å². The van der Waals surface area contributed by atoms with Gasteiger partial charge in [-0.25, -0.2) is 4.39 Å². The molecule has 3 aromatic rings. The highest BCUT2D eigenvalue weighted by molar-refractivity contribution is 6.25. The number of nitro benzene ring substituents is 1. The highest BCUT2D eigenvalue weighted by Gasteiger charge is 2.34. The van der Waals surface area contributed by atoms with Gasteiger partial charge in [0.2, 0.25) is 0 Å². The number of hydrogen-bond donors (Lipinski definition) is 0. The number of amides is 2. The number of benzene rings is 3. The van der Waals surface area contributed by atoms with Gasteiger partial charge in [0.1, 0.15) is 5.82 Å². The number of nitrogens with zero attached hydrogens (tertiary/aromatic N) is 2. The first-order valence-electron chi connectivity index (χ1n) is 7.77. The molecule has 0 aliphatic carbocycles. The van der Waals surface area contributed by atoms with E-state index in [4.69, 9.17) is 0 Å². The number of nitro groups is 1. The van der Waals surface area contributed by atoms with E-state index in [0.717, 1.165) is 4.90 Å². The molecule has 1 aliphatic heterocycles. The third-order valence-electron chi connectivity index (χ3n) is 4.38. The van der Waals surface area contributed by atoms with Crippen LogP contribution in [0.3, 0.4) is 0 Å². The summed E-state index contributed by atoms with van der Waals surface area (Å²) in [7, 11) is 0. The van der Waals surface area contributed by atoms with Crippen LogP contribution in [0.4, 0.5) is 10.1 Å². The summed E-state index contributed by atoms with van der Waals surface area (Å²) in [6.45, 7) is -0.0452. The van der Waals surface area contributed by atoms with Gasteiger partial charge in [-0.2, -0.15) is 0 Å². The summed E-state index contributed by atoms with van der Waals surface area (Å²) in [5.74, 6) is -1.51. The van der Waals surface area contributed by atoms with Crippen LogP contribution in [0.1, 0.15) is 26.3 Å². The molecular formula is C19H11FN2O4. The van der Waals surface area contributed by atoms with Gasteiger partial charge in [0.05, 0.1) is 17.0 Å². The molecule has 1 heterocycles. The maximum absolute atomic E-state index is 13.1. The predicted molar refractivity (Wildman–Crippen MR) is 91.2 cm³/mol. The molecule has 0 radical (unpaired) electrons. The van der Waals surface area contributed by atoms with Gasteiger partial charge in [-0.1, -0.05) is 24.3 Å². The van der Waals surface area contributed by atoms with Crippen molar-refractivity contribution in [1.82, 2.24) is 4.90 Å². The number of halogens is 1. The second kappa shape index (κ2) is 5.73. The van der Waals surface area contributed by atoms with E-state index >= 15 is 0 Å². The molecule has 26 heavy (non-hydrogen) atoms. The molecule has 0 atom stereocenters. The lowest BCUT2D eigenvalue weighted by Gasteiger charge is -2.27. The Hall–Kier alpha value is -3.61. The van der Waals surface area contributed by atoms with Crippen LogP contribution in [-0.4, -0.2) is 21.6 Å². The Bertz CT molecular complexity index is 1090. The maximum Gasteiger partial charge on any atom is 0.270 e. The normalized spacial score (nSPS) is 13.3. The summed E-state index contributed by atoms with van der Waals surface area (Å²) < 4.78 is 13.1. The Kier molecular flexibility index (Phi) is 3.50. The number of rotatable bonds is 3. The molecule has 0 unspecified atom stereocenters. The fourth-order valence-corrected chi connectivity index (χ4v) is 3.16. The molecule has 0 aromatic heterocycles. The summed E-state index contributed by atoms with van der Waals surface area (Å²) in [6, 6.07) is 12.8. The first-order chi connectivity index (χ1) is 12.5. The van der Waals surface area contributed by atoms with Crippen molar-refractivity contribution in [2.75, 3.05) is 0 Å². The van der Waals surface area contributed by atoms with Crippen LogP contribution in [0.5, 0.6) is 0 Å². The lowest BCUT2D eigenvalue weighted by Crippen LogP contribution is -2.39. The van der Waals surface area contributed by atoms with Crippen LogP contribution in [0, 0.1) is 15.9 Å². The molecule has 0 saturated carbocycles. The zero-order valence-corrected chi connectivity index (χ0v) is 13.3. The van der Waals surface area contributed by atoms with E-state index in [2.05, 4.69) is 0 Å². The third-order valence-corrected chi connectivity index (χ3v) is 4.38. The number of carbonyl (C=O) groups is 2. The summed E-state index contributed by atoms with van der Waals surface area (Å²) in [4.78, 5) is 37.3. The average Bonchev–Trinajstić information content (AvgIpc) is 2.64. The zero-order chi connectivity index (χ0) is 18.4. The van der Waals surface area contributed by atoms with Gasteiger partial charge in [-0.3, -0.25) is 24.6 Å². The molecule has 6 nitrogen and oxygen atoms in total. The summed E-state index contributed by atoms with van der Waals surface area (Å²) >= 11 is 0. The van der Waals surface area contributed by atoms with Crippen molar-refractivity contribution >= 4 is 28.3 Å². The quantitative estimate of drug-likeness (QED) is 0.410. The number of carbonyl (C=O) groups excluding carboxylic acids is 2. The Morgan fingerprint density at radius 1 is 0.962 bits per heavy atom. The van der Waals surface area contributed by atoms with Crippen LogP contribution in [0.15, 0.2) is 54.6 Å². The highest BCUT2D eigenvalue weighted by atomic mass is 19.1. The molecule has 0 saturated heterocycles. The first kappa shape index (κ1) is 15.9. The molecule has 0 fully saturated rings. The molecule has 7 heteroatoms. The molecular weight excluding hydrogens is 339 g/mol. The number of non-ortho nitro benzene ring substituents is 1. The third kappa shape index (κ3) is 2.41. The van der Waals surface area contributed by atoms with E-state index in [1.54, 1.807) is 18.2 Å². The Morgan fingerprint density at radius 2 is 1.65 bits per heavy atom. The fourth-order valence-electron chi connectivity index (χ4n) is 3.16. The summed E-state index contributed by atoms with van der Waals surface area (Å²) in [5, 5.41) is 12.1. The Morgan fingerprint density at radius 3 is 2.35 bits per heavy atom. The lowest BCUT2D eigenvalue weighted by atomic mass is 9.93. The van der Waals surface area contributed by atoms with Crippen molar-refractivity contribution in [1.29, 1.82) is 0 Å². The zero-order valence-electron chi connectivity index (χ0n) is 13.3. The average molecular weight is 350 g/mol. The van der Waals surface area contributed by atoms with Crippen LogP contribution in [0.2, 0.25) is 0 Å². The molecule has 0 bridgehead atoms. The Labute approximate surface area is 146 Å². The summed E-state index contributed by atoms with van der Waals surface area (Å²) in [5.41, 5.74) is 0.795. The monoisotopic (exact) mass is 350 g/mol. The minimum Gasteiger partial charge on any atom is -0.270 e. The van der Waals surface area contributed by atoms with E-state index in [1.807, 2.05) is 0 Å². The van der Waals surface area contributed by atoms with E-state index in [1.165, 1.54) is 36.4 Å². The molecule has 3 aromatic carbocycles. The van der Waals surface area contributed by atoms with Gasteiger partial charge in [-0.05, 0) is 29.1 Å². The van der Waals surface area contributed by atoms with E-state index in [-0.39, 0.29) is 17.8 Å². The largest absolute Gasteiger partial charge is 0.270 e. The minimum absolute atomic E-state index is 0.0452. The van der Waals surface area contributed by atoms with Crippen molar-refractivity contribution in [2.24, 2.45) is 0 Å². The van der Waals surface area contributed by atoms with Crippen molar-refractivity contribution in [3.63, 3.8) is 0 Å². The first-order valence-corrected chi connectivity index (χ1v) is 7.77. The maximum atomic E-state index is 13.1. The second-order valence-corrected chi connectivity index (χ2v) is 5.98. The molecule has 0 N–H and O–H groups in total. The van der Waals surface area contributed by atoms with Crippen LogP contribution in [-0.2, 0) is 6.54 Å².